The van der Waals surface area contributed by atoms with Gasteiger partial charge in [-0.3, -0.25) is 9.29 Å². The second-order valence-corrected chi connectivity index (χ2v) is 11.8. The van der Waals surface area contributed by atoms with Gasteiger partial charge in [0, 0.05) is 24.2 Å². The van der Waals surface area contributed by atoms with Crippen LogP contribution in [-0.2, 0) is 14.8 Å². The van der Waals surface area contributed by atoms with Gasteiger partial charge in [-0.25, -0.2) is 18.4 Å². The first kappa shape index (κ1) is 26.9. The van der Waals surface area contributed by atoms with E-state index in [1.54, 1.807) is 13.8 Å². The Morgan fingerprint density at radius 1 is 1.11 bits per heavy atom. The molecule has 15 heteroatoms. The summed E-state index contributed by atoms with van der Waals surface area (Å²) in [6, 6.07) is 0. The van der Waals surface area contributed by atoms with Crippen LogP contribution in [0.5, 0.6) is 11.8 Å². The maximum absolute atomic E-state index is 13.5. The Labute approximate surface area is 220 Å². The molecule has 0 amide bonds. The molecule has 3 atom stereocenters. The predicted octanol–water partition coefficient (Wildman–Crippen LogP) is 2.73. The molecule has 1 saturated heterocycles. The Kier molecular flexibility index (Phi) is 7.53. The molecular formula is C22H29ClN8O5S. The van der Waals surface area contributed by atoms with E-state index in [1.165, 1.54) is 37.5 Å². The third-order valence-electron chi connectivity index (χ3n) is 6.31. The van der Waals surface area contributed by atoms with Crippen LogP contribution >= 0.6 is 11.6 Å². The Hall–Kier alpha value is -3.10. The highest BCUT2D eigenvalue weighted by Crippen LogP contribution is 2.40. The number of nitrogens with zero attached hydrogens (tertiary/aromatic N) is 7. The molecule has 3 aromatic rings. The van der Waals surface area contributed by atoms with Gasteiger partial charge in [-0.1, -0.05) is 18.5 Å². The third-order valence-corrected chi connectivity index (χ3v) is 8.36. The lowest BCUT2D eigenvalue weighted by Crippen LogP contribution is -2.31. The molecule has 4 rings (SSSR count). The zero-order valence-corrected chi connectivity index (χ0v) is 22.9. The molecule has 13 nitrogen and oxygen atoms in total. The Bertz CT molecular complexity index is 1340. The molecule has 0 saturated carbocycles. The van der Waals surface area contributed by atoms with Crippen LogP contribution in [-0.4, -0.2) is 74.8 Å². The van der Waals surface area contributed by atoms with Gasteiger partial charge in [0.15, 0.2) is 5.69 Å². The Morgan fingerprint density at radius 2 is 1.73 bits per heavy atom. The molecule has 0 radical (unpaired) electrons. The van der Waals surface area contributed by atoms with Crippen LogP contribution in [0.4, 0.5) is 5.95 Å². The molecule has 1 fully saturated rings. The van der Waals surface area contributed by atoms with Crippen molar-refractivity contribution in [2.24, 2.45) is 0 Å². The van der Waals surface area contributed by atoms with Gasteiger partial charge in [0.25, 0.3) is 0 Å². The van der Waals surface area contributed by atoms with Crippen molar-refractivity contribution in [3.8, 4) is 17.4 Å². The van der Waals surface area contributed by atoms with Gasteiger partial charge in [0.2, 0.25) is 27.7 Å². The van der Waals surface area contributed by atoms with Gasteiger partial charge in [0.05, 0.1) is 36.7 Å². The van der Waals surface area contributed by atoms with Crippen molar-refractivity contribution in [1.82, 2.24) is 34.7 Å². The summed E-state index contributed by atoms with van der Waals surface area (Å²) < 4.78 is 48.0. The minimum atomic E-state index is -4.01. The van der Waals surface area contributed by atoms with Crippen molar-refractivity contribution in [2.45, 2.75) is 56.8 Å². The van der Waals surface area contributed by atoms with Gasteiger partial charge >= 0.3 is 0 Å². The lowest BCUT2D eigenvalue weighted by Gasteiger charge is -2.21. The van der Waals surface area contributed by atoms with Crippen molar-refractivity contribution in [3.05, 3.63) is 35.4 Å². The monoisotopic (exact) mass is 552 g/mol. The highest BCUT2D eigenvalue weighted by Gasteiger charge is 2.39. The van der Waals surface area contributed by atoms with Gasteiger partial charge in [-0.2, -0.15) is 9.97 Å². The quantitative estimate of drug-likeness (QED) is 0.416. The first-order valence-corrected chi connectivity index (χ1v) is 13.4. The number of sulfonamides is 1. The summed E-state index contributed by atoms with van der Waals surface area (Å²) in [4.78, 5) is 16.7. The minimum Gasteiger partial charge on any atom is -0.479 e. The third kappa shape index (κ3) is 5.45. The topological polar surface area (TPSA) is 156 Å². The molecule has 4 heterocycles. The summed E-state index contributed by atoms with van der Waals surface area (Å²) >= 11 is 5.88. The zero-order valence-electron chi connectivity index (χ0n) is 21.3. The standard InChI is InChI=1S/C22H29ClN8O5S/c1-12(17-24-8-15(23)9-25-17)13(2)37(32,33)30-21-29-28-18(14-7-22(3,4)36-10-14)31(21)16-19(34-5)26-11-27-20(16)35-6/h8-9,11-14H,7,10H2,1-6H3,(H,29,30)/t12?,13?,14-/m0/s1. The molecule has 2 unspecified atom stereocenters. The molecule has 0 aliphatic carbocycles. The highest BCUT2D eigenvalue weighted by atomic mass is 35.5. The number of hydrogen-bond donors (Lipinski definition) is 1. The number of methoxy groups -OCH3 is 2. The lowest BCUT2D eigenvalue weighted by atomic mass is 9.97. The number of ether oxygens (including phenoxy) is 3. The summed E-state index contributed by atoms with van der Waals surface area (Å²) in [5, 5.41) is 7.97. The Morgan fingerprint density at radius 3 is 2.27 bits per heavy atom. The molecule has 200 valence electrons. The second-order valence-electron chi connectivity index (χ2n) is 9.33. The number of aromatic nitrogens is 7. The number of anilines is 1. The first-order valence-electron chi connectivity index (χ1n) is 11.5. The van der Waals surface area contributed by atoms with Gasteiger partial charge in [0.1, 0.15) is 18.0 Å². The summed E-state index contributed by atoms with van der Waals surface area (Å²) in [6.45, 7) is 7.61. The van der Waals surface area contributed by atoms with Crippen molar-refractivity contribution in [3.63, 3.8) is 0 Å². The highest BCUT2D eigenvalue weighted by molar-refractivity contribution is 7.93. The fraction of sp³-hybridized carbons (Fsp3) is 0.545. The van der Waals surface area contributed by atoms with Crippen LogP contribution in [0.15, 0.2) is 18.7 Å². The van der Waals surface area contributed by atoms with Crippen LogP contribution < -0.4 is 14.2 Å². The average Bonchev–Trinajstić information content (AvgIpc) is 3.44. The number of nitrogens with one attached hydrogen (secondary N) is 1. The fourth-order valence-corrected chi connectivity index (χ4v) is 5.47. The minimum absolute atomic E-state index is 0.0674. The van der Waals surface area contributed by atoms with Crippen molar-refractivity contribution in [2.75, 3.05) is 25.5 Å². The summed E-state index contributed by atoms with van der Waals surface area (Å²) in [5.74, 6) is 0.297. The fourth-order valence-electron chi connectivity index (χ4n) is 4.14. The van der Waals surface area contributed by atoms with Gasteiger partial charge < -0.3 is 14.2 Å². The second kappa shape index (κ2) is 10.3. The van der Waals surface area contributed by atoms with E-state index in [4.69, 9.17) is 25.8 Å². The van der Waals surface area contributed by atoms with E-state index in [9.17, 15) is 8.42 Å². The van der Waals surface area contributed by atoms with E-state index in [0.29, 0.717) is 29.7 Å². The summed E-state index contributed by atoms with van der Waals surface area (Å²) in [5.41, 5.74) is -0.123. The van der Waals surface area contributed by atoms with E-state index in [0.717, 1.165) is 0 Å². The molecule has 0 bridgehead atoms. The van der Waals surface area contributed by atoms with Crippen molar-refractivity contribution >= 4 is 27.6 Å². The van der Waals surface area contributed by atoms with Gasteiger partial charge in [-0.05, 0) is 27.2 Å². The van der Waals surface area contributed by atoms with Crippen LogP contribution in [0.2, 0.25) is 5.02 Å². The van der Waals surface area contributed by atoms with Gasteiger partial charge in [-0.15, -0.1) is 10.2 Å². The van der Waals surface area contributed by atoms with Crippen LogP contribution in [0.25, 0.3) is 5.69 Å². The maximum Gasteiger partial charge on any atom is 0.245 e. The van der Waals surface area contributed by atoms with Crippen LogP contribution in [0, 0.1) is 0 Å². The van der Waals surface area contributed by atoms with Crippen LogP contribution in [0.3, 0.4) is 0 Å². The summed E-state index contributed by atoms with van der Waals surface area (Å²) in [7, 11) is -1.13. The molecule has 3 aromatic heterocycles. The smallest absolute Gasteiger partial charge is 0.245 e. The molecule has 0 aromatic carbocycles. The molecule has 1 N–H and O–H groups in total. The molecule has 37 heavy (non-hydrogen) atoms. The molecule has 0 spiro atoms. The van der Waals surface area contributed by atoms with Crippen LogP contribution in [0.1, 0.15) is 57.6 Å². The SMILES string of the molecule is COc1ncnc(OC)c1-n1c(NS(=O)(=O)C(C)C(C)c2ncc(Cl)cn2)nnc1[C@@H]1COC(C)(C)C1. The lowest BCUT2D eigenvalue weighted by molar-refractivity contribution is 0.0360. The average molecular weight is 553 g/mol. The van der Waals surface area contributed by atoms with Crippen molar-refractivity contribution < 1.29 is 22.6 Å². The number of rotatable bonds is 9. The summed E-state index contributed by atoms with van der Waals surface area (Å²) in [6.07, 6.45) is 4.77. The van der Waals surface area contributed by atoms with E-state index < -0.39 is 21.2 Å². The zero-order chi connectivity index (χ0) is 27.0. The number of halogens is 1. The Balaban J connectivity index is 1.78. The molecular weight excluding hydrogens is 524 g/mol. The largest absolute Gasteiger partial charge is 0.479 e. The predicted molar refractivity (Wildman–Crippen MR) is 135 cm³/mol. The van der Waals surface area contributed by atoms with E-state index in [-0.39, 0.29) is 34.9 Å². The normalized spacial score (nSPS) is 18.8. The van der Waals surface area contributed by atoms with E-state index in [2.05, 4.69) is 34.9 Å². The van der Waals surface area contributed by atoms with E-state index in [1.807, 2.05) is 13.8 Å². The van der Waals surface area contributed by atoms with E-state index >= 15 is 0 Å². The maximum atomic E-state index is 13.5. The molecule has 1 aliphatic rings. The number of hydrogen-bond acceptors (Lipinski definition) is 11. The molecule has 1 aliphatic heterocycles. The first-order chi connectivity index (χ1) is 17.5. The van der Waals surface area contributed by atoms with Crippen molar-refractivity contribution in [1.29, 1.82) is 0 Å².